The zero-order chi connectivity index (χ0) is 19.4. The molecule has 0 fully saturated rings. The van der Waals surface area contributed by atoms with Gasteiger partial charge in [-0.1, -0.05) is 0 Å². The van der Waals surface area contributed by atoms with Gasteiger partial charge >= 0.3 is 0 Å². The van der Waals surface area contributed by atoms with Crippen LogP contribution in [0.5, 0.6) is 11.5 Å². The van der Waals surface area contributed by atoms with Gasteiger partial charge in [-0.05, 0) is 56.2 Å². The van der Waals surface area contributed by atoms with Crippen LogP contribution in [0, 0.1) is 20.8 Å². The minimum absolute atomic E-state index is 0.195. The van der Waals surface area contributed by atoms with Crippen molar-refractivity contribution in [1.29, 1.82) is 0 Å². The van der Waals surface area contributed by atoms with Crippen LogP contribution in [-0.4, -0.2) is 27.7 Å². The molecule has 0 saturated heterocycles. The van der Waals surface area contributed by atoms with Gasteiger partial charge in [-0.2, -0.15) is 9.78 Å². The van der Waals surface area contributed by atoms with E-state index in [2.05, 4.69) is 15.1 Å². The molecule has 0 saturated carbocycles. The normalized spacial score (nSPS) is 13.2. The fourth-order valence-corrected chi connectivity index (χ4v) is 4.54. The Labute approximate surface area is 163 Å². The number of nitrogens with zero attached hydrogens (tertiary/aromatic N) is 4. The molecule has 1 aliphatic heterocycles. The van der Waals surface area contributed by atoms with E-state index in [1.807, 2.05) is 38.1 Å². The van der Waals surface area contributed by atoms with Crippen LogP contribution in [0.1, 0.15) is 22.6 Å². The first-order chi connectivity index (χ1) is 13.5. The summed E-state index contributed by atoms with van der Waals surface area (Å²) in [7, 11) is 0. The van der Waals surface area contributed by atoms with E-state index < -0.39 is 0 Å². The third kappa shape index (κ3) is 2.56. The molecule has 0 radical (unpaired) electrons. The molecule has 8 heteroatoms. The van der Waals surface area contributed by atoms with Gasteiger partial charge in [0.2, 0.25) is 6.79 Å². The molecular formula is C20H16N4O3S. The van der Waals surface area contributed by atoms with Crippen molar-refractivity contribution in [2.75, 3.05) is 6.79 Å². The standard InChI is InChI=1S/C20H16N4O3S/c1-10-6-11(2)22-19-16(10)17-18(28-19)20(25)24(12(3)23-17)21-8-13-4-5-14-15(7-13)27-9-26-14/h4-8H,9H2,1-3H3/b21-8-. The fourth-order valence-electron chi connectivity index (χ4n) is 3.38. The number of benzene rings is 1. The number of aromatic nitrogens is 3. The summed E-state index contributed by atoms with van der Waals surface area (Å²) in [6.07, 6.45) is 1.62. The van der Waals surface area contributed by atoms with Gasteiger partial charge < -0.3 is 9.47 Å². The second kappa shape index (κ2) is 6.13. The van der Waals surface area contributed by atoms with Crippen LogP contribution in [0.15, 0.2) is 34.2 Å². The molecule has 0 N–H and O–H groups in total. The van der Waals surface area contributed by atoms with Crippen molar-refractivity contribution in [3.05, 3.63) is 57.3 Å². The third-order valence-corrected chi connectivity index (χ3v) is 5.71. The van der Waals surface area contributed by atoms with Crippen LogP contribution in [0.2, 0.25) is 0 Å². The Balaban J connectivity index is 1.65. The second-order valence-corrected chi connectivity index (χ2v) is 7.67. The first-order valence-electron chi connectivity index (χ1n) is 8.75. The topological polar surface area (TPSA) is 78.6 Å². The summed E-state index contributed by atoms with van der Waals surface area (Å²) in [4.78, 5) is 23.1. The number of rotatable bonds is 2. The van der Waals surface area contributed by atoms with E-state index in [1.54, 1.807) is 13.1 Å². The highest BCUT2D eigenvalue weighted by Gasteiger charge is 2.17. The van der Waals surface area contributed by atoms with E-state index in [4.69, 9.17) is 9.47 Å². The lowest BCUT2D eigenvalue weighted by Gasteiger charge is -2.04. The summed E-state index contributed by atoms with van der Waals surface area (Å²) < 4.78 is 12.6. The van der Waals surface area contributed by atoms with Crippen LogP contribution in [0.25, 0.3) is 20.4 Å². The molecule has 7 nitrogen and oxygen atoms in total. The monoisotopic (exact) mass is 392 g/mol. The number of ether oxygens (including phenoxy) is 2. The number of fused-ring (bicyclic) bond motifs is 4. The minimum atomic E-state index is -0.195. The van der Waals surface area contributed by atoms with Gasteiger partial charge in [-0.15, -0.1) is 11.3 Å². The van der Waals surface area contributed by atoms with Crippen molar-refractivity contribution in [2.45, 2.75) is 20.8 Å². The maximum Gasteiger partial charge on any atom is 0.292 e. The zero-order valence-corrected chi connectivity index (χ0v) is 16.3. The van der Waals surface area contributed by atoms with Crippen LogP contribution in [0.3, 0.4) is 0 Å². The van der Waals surface area contributed by atoms with Crippen molar-refractivity contribution in [2.24, 2.45) is 5.10 Å². The fraction of sp³-hybridized carbons (Fsp3) is 0.200. The van der Waals surface area contributed by atoms with Gasteiger partial charge in [0, 0.05) is 11.1 Å². The third-order valence-electron chi connectivity index (χ3n) is 4.65. The summed E-state index contributed by atoms with van der Waals surface area (Å²) in [5, 5.41) is 5.31. The van der Waals surface area contributed by atoms with Gasteiger partial charge in [-0.25, -0.2) is 9.97 Å². The molecule has 1 aromatic carbocycles. The first kappa shape index (κ1) is 16.9. The molecule has 4 heterocycles. The van der Waals surface area contributed by atoms with Gasteiger partial charge in [0.15, 0.2) is 11.5 Å². The van der Waals surface area contributed by atoms with Crippen molar-refractivity contribution in [3.63, 3.8) is 0 Å². The highest BCUT2D eigenvalue weighted by atomic mass is 32.1. The lowest BCUT2D eigenvalue weighted by molar-refractivity contribution is 0.174. The van der Waals surface area contributed by atoms with Crippen LogP contribution < -0.4 is 15.0 Å². The van der Waals surface area contributed by atoms with E-state index in [9.17, 15) is 4.79 Å². The van der Waals surface area contributed by atoms with Gasteiger partial charge in [0.25, 0.3) is 5.56 Å². The maximum atomic E-state index is 13.1. The smallest absolute Gasteiger partial charge is 0.292 e. The van der Waals surface area contributed by atoms with E-state index in [0.29, 0.717) is 27.5 Å². The minimum Gasteiger partial charge on any atom is -0.454 e. The summed E-state index contributed by atoms with van der Waals surface area (Å²) >= 11 is 1.36. The average molecular weight is 392 g/mol. The average Bonchev–Trinajstić information content (AvgIpc) is 3.25. The second-order valence-electron chi connectivity index (χ2n) is 6.67. The van der Waals surface area contributed by atoms with Crippen molar-refractivity contribution in [3.8, 4) is 11.5 Å². The molecule has 0 bridgehead atoms. The SMILES string of the molecule is Cc1cc(C)c2c(n1)sc1c(=O)n(/N=C\c3ccc4c(c3)OCO4)c(C)nc12. The Kier molecular flexibility index (Phi) is 3.70. The quantitative estimate of drug-likeness (QED) is 0.488. The van der Waals surface area contributed by atoms with Crippen LogP contribution in [-0.2, 0) is 0 Å². The van der Waals surface area contributed by atoms with E-state index in [0.717, 1.165) is 27.0 Å². The Morgan fingerprint density at radius 3 is 2.82 bits per heavy atom. The molecule has 0 aliphatic carbocycles. The summed E-state index contributed by atoms with van der Waals surface area (Å²) in [5.41, 5.74) is 3.30. The molecule has 28 heavy (non-hydrogen) atoms. The van der Waals surface area contributed by atoms with Gasteiger partial charge in [0.1, 0.15) is 15.4 Å². The molecule has 140 valence electrons. The number of hydrogen-bond acceptors (Lipinski definition) is 7. The van der Waals surface area contributed by atoms with Crippen molar-refractivity contribution >= 4 is 38.0 Å². The van der Waals surface area contributed by atoms with Gasteiger partial charge in [-0.3, -0.25) is 4.79 Å². The van der Waals surface area contributed by atoms with E-state index in [1.165, 1.54) is 16.0 Å². The summed E-state index contributed by atoms with van der Waals surface area (Å²) in [6, 6.07) is 7.52. The van der Waals surface area contributed by atoms with Gasteiger partial charge in [0.05, 0.1) is 11.7 Å². The molecule has 0 atom stereocenters. The number of hydrogen-bond donors (Lipinski definition) is 0. The molecule has 5 rings (SSSR count). The highest BCUT2D eigenvalue weighted by Crippen LogP contribution is 2.33. The Hall–Kier alpha value is -3.26. The summed E-state index contributed by atoms with van der Waals surface area (Å²) in [5.74, 6) is 1.90. The molecule has 0 spiro atoms. The Bertz CT molecular complexity index is 1350. The highest BCUT2D eigenvalue weighted by molar-refractivity contribution is 7.25. The lowest BCUT2D eigenvalue weighted by atomic mass is 10.1. The maximum absolute atomic E-state index is 13.1. The van der Waals surface area contributed by atoms with Crippen LogP contribution in [0.4, 0.5) is 0 Å². The first-order valence-corrected chi connectivity index (χ1v) is 9.57. The predicted molar refractivity (Wildman–Crippen MR) is 109 cm³/mol. The number of pyridine rings is 1. The van der Waals surface area contributed by atoms with Crippen LogP contribution >= 0.6 is 11.3 Å². The molecule has 1 aliphatic rings. The Morgan fingerprint density at radius 1 is 1.14 bits per heavy atom. The molecule has 0 unspecified atom stereocenters. The summed E-state index contributed by atoms with van der Waals surface area (Å²) in [6.45, 7) is 5.96. The molecular weight excluding hydrogens is 376 g/mol. The number of aryl methyl sites for hydroxylation is 3. The lowest BCUT2D eigenvalue weighted by Crippen LogP contribution is -2.19. The largest absolute Gasteiger partial charge is 0.454 e. The van der Waals surface area contributed by atoms with Crippen molar-refractivity contribution in [1.82, 2.24) is 14.6 Å². The molecule has 3 aromatic heterocycles. The zero-order valence-electron chi connectivity index (χ0n) is 15.5. The Morgan fingerprint density at radius 2 is 1.96 bits per heavy atom. The molecule has 0 amide bonds. The van der Waals surface area contributed by atoms with E-state index >= 15 is 0 Å². The molecule has 4 aromatic rings. The predicted octanol–water partition coefficient (Wildman–Crippen LogP) is 3.54. The van der Waals surface area contributed by atoms with E-state index in [-0.39, 0.29) is 12.4 Å². The van der Waals surface area contributed by atoms with Crippen molar-refractivity contribution < 1.29 is 9.47 Å². The number of thiophene rings is 1.